The Bertz CT molecular complexity index is 585. The molecular formula is C17H20O2. The van der Waals surface area contributed by atoms with Gasteiger partial charge in [0.15, 0.2) is 0 Å². The fourth-order valence-corrected chi connectivity index (χ4v) is 1.93. The van der Waals surface area contributed by atoms with Crippen molar-refractivity contribution < 1.29 is 9.53 Å². The molecule has 0 spiro atoms. The van der Waals surface area contributed by atoms with E-state index in [1.54, 1.807) is 0 Å². The second-order valence-corrected chi connectivity index (χ2v) is 5.45. The van der Waals surface area contributed by atoms with Crippen LogP contribution in [0.4, 0.5) is 0 Å². The molecule has 0 fully saturated rings. The van der Waals surface area contributed by atoms with Crippen molar-refractivity contribution >= 4 is 16.7 Å². The van der Waals surface area contributed by atoms with Crippen LogP contribution in [0.3, 0.4) is 0 Å². The minimum atomic E-state index is -0.381. The molecule has 0 heterocycles. The predicted molar refractivity (Wildman–Crippen MR) is 78.1 cm³/mol. The summed E-state index contributed by atoms with van der Waals surface area (Å²) in [6.45, 7) is 5.89. The number of hydrogen-bond acceptors (Lipinski definition) is 2. The van der Waals surface area contributed by atoms with E-state index >= 15 is 0 Å². The van der Waals surface area contributed by atoms with Crippen LogP contribution < -0.4 is 0 Å². The summed E-state index contributed by atoms with van der Waals surface area (Å²) in [5, 5.41) is 2.34. The average Bonchev–Trinajstić information content (AvgIpc) is 2.38. The van der Waals surface area contributed by atoms with Gasteiger partial charge in [-0.05, 0) is 36.6 Å². The minimum absolute atomic E-state index is 0.165. The van der Waals surface area contributed by atoms with Gasteiger partial charge in [0.1, 0.15) is 5.60 Å². The van der Waals surface area contributed by atoms with Crippen molar-refractivity contribution in [1.82, 2.24) is 0 Å². The highest BCUT2D eigenvalue weighted by atomic mass is 16.6. The fraction of sp³-hybridized carbons (Fsp3) is 0.353. The number of carbonyl (C=O) groups is 1. The molecule has 0 aliphatic carbocycles. The van der Waals surface area contributed by atoms with Crippen LogP contribution in [0.5, 0.6) is 0 Å². The number of ether oxygens (including phenoxy) is 1. The Hall–Kier alpha value is -1.83. The summed E-state index contributed by atoms with van der Waals surface area (Å²) in [4.78, 5) is 11.9. The van der Waals surface area contributed by atoms with Crippen molar-refractivity contribution in [3.05, 3.63) is 48.0 Å². The summed E-state index contributed by atoms with van der Waals surface area (Å²) in [6.07, 6.45) is 1.14. The standard InChI is InChI=1S/C17H20O2/c1-4-17(2,3)19-16(18)12-13-9-10-14-7-5-6-8-15(14)11-13/h5-11H,4,12H2,1-3H3. The Morgan fingerprint density at radius 1 is 1.11 bits per heavy atom. The molecule has 100 valence electrons. The molecule has 2 aromatic carbocycles. The third-order valence-electron chi connectivity index (χ3n) is 3.40. The predicted octanol–water partition coefficient (Wildman–Crippen LogP) is 4.11. The summed E-state index contributed by atoms with van der Waals surface area (Å²) < 4.78 is 5.46. The first kappa shape index (κ1) is 13.6. The van der Waals surface area contributed by atoms with Gasteiger partial charge in [0.25, 0.3) is 0 Å². The van der Waals surface area contributed by atoms with Crippen molar-refractivity contribution in [1.29, 1.82) is 0 Å². The minimum Gasteiger partial charge on any atom is -0.459 e. The van der Waals surface area contributed by atoms with Crippen LogP contribution >= 0.6 is 0 Å². The van der Waals surface area contributed by atoms with Crippen molar-refractivity contribution in [2.75, 3.05) is 0 Å². The van der Waals surface area contributed by atoms with Crippen LogP contribution in [0.2, 0.25) is 0 Å². The van der Waals surface area contributed by atoms with Crippen LogP contribution in [-0.4, -0.2) is 11.6 Å². The number of fused-ring (bicyclic) bond motifs is 1. The maximum absolute atomic E-state index is 11.9. The number of carbonyl (C=O) groups excluding carboxylic acids is 1. The molecule has 0 aliphatic heterocycles. The lowest BCUT2D eigenvalue weighted by Crippen LogP contribution is -2.27. The maximum atomic E-state index is 11.9. The summed E-state index contributed by atoms with van der Waals surface area (Å²) in [5.41, 5.74) is 0.615. The SMILES string of the molecule is CCC(C)(C)OC(=O)Cc1ccc2ccccc2c1. The quantitative estimate of drug-likeness (QED) is 0.769. The molecule has 0 saturated heterocycles. The molecule has 0 amide bonds. The number of hydrogen-bond donors (Lipinski definition) is 0. The Morgan fingerprint density at radius 2 is 1.79 bits per heavy atom. The molecule has 0 bridgehead atoms. The first-order valence-corrected chi connectivity index (χ1v) is 6.70. The van der Waals surface area contributed by atoms with Gasteiger partial charge in [0, 0.05) is 0 Å². The van der Waals surface area contributed by atoms with Crippen molar-refractivity contribution in [3.8, 4) is 0 Å². The van der Waals surface area contributed by atoms with E-state index in [1.807, 2.05) is 45.0 Å². The third kappa shape index (κ3) is 3.57. The Balaban J connectivity index is 2.11. The van der Waals surface area contributed by atoms with Crippen LogP contribution in [0.15, 0.2) is 42.5 Å². The van der Waals surface area contributed by atoms with Crippen molar-refractivity contribution in [3.63, 3.8) is 0 Å². The monoisotopic (exact) mass is 256 g/mol. The van der Waals surface area contributed by atoms with Gasteiger partial charge < -0.3 is 4.74 Å². The highest BCUT2D eigenvalue weighted by molar-refractivity contribution is 5.84. The third-order valence-corrected chi connectivity index (χ3v) is 3.40. The van der Waals surface area contributed by atoms with Gasteiger partial charge in [0.05, 0.1) is 6.42 Å². The van der Waals surface area contributed by atoms with Crippen molar-refractivity contribution in [2.45, 2.75) is 39.2 Å². The normalized spacial score (nSPS) is 11.5. The Kier molecular flexibility index (Phi) is 3.89. The van der Waals surface area contributed by atoms with Crippen LogP contribution in [0, 0.1) is 0 Å². The number of esters is 1. The molecule has 19 heavy (non-hydrogen) atoms. The number of benzene rings is 2. The average molecular weight is 256 g/mol. The zero-order chi connectivity index (χ0) is 13.9. The molecule has 2 nitrogen and oxygen atoms in total. The van der Waals surface area contributed by atoms with Gasteiger partial charge in [0.2, 0.25) is 0 Å². The molecular weight excluding hydrogens is 236 g/mol. The largest absolute Gasteiger partial charge is 0.459 e. The summed E-state index contributed by atoms with van der Waals surface area (Å²) in [6, 6.07) is 14.2. The van der Waals surface area contributed by atoms with Crippen LogP contribution in [0.1, 0.15) is 32.8 Å². The molecule has 2 heteroatoms. The maximum Gasteiger partial charge on any atom is 0.310 e. The topological polar surface area (TPSA) is 26.3 Å². The first-order chi connectivity index (χ1) is 9.00. The molecule has 2 aromatic rings. The van der Waals surface area contributed by atoms with Gasteiger partial charge in [-0.25, -0.2) is 0 Å². The van der Waals surface area contributed by atoms with Gasteiger partial charge in [-0.1, -0.05) is 49.4 Å². The van der Waals surface area contributed by atoms with Crippen LogP contribution in [-0.2, 0) is 16.0 Å². The summed E-state index contributed by atoms with van der Waals surface area (Å²) >= 11 is 0. The van der Waals surface area contributed by atoms with Gasteiger partial charge in [-0.2, -0.15) is 0 Å². The molecule has 0 N–H and O–H groups in total. The van der Waals surface area contributed by atoms with E-state index in [4.69, 9.17) is 4.74 Å². The highest BCUT2D eigenvalue weighted by Gasteiger charge is 2.20. The molecule has 0 radical (unpaired) electrons. The highest BCUT2D eigenvalue weighted by Crippen LogP contribution is 2.18. The van der Waals surface area contributed by atoms with Crippen molar-refractivity contribution in [2.24, 2.45) is 0 Å². The lowest BCUT2D eigenvalue weighted by molar-refractivity contribution is -0.155. The van der Waals surface area contributed by atoms with E-state index in [0.29, 0.717) is 6.42 Å². The lowest BCUT2D eigenvalue weighted by Gasteiger charge is -2.23. The molecule has 0 aliphatic rings. The van der Waals surface area contributed by atoms with E-state index in [2.05, 4.69) is 18.2 Å². The molecule has 2 rings (SSSR count). The zero-order valence-electron chi connectivity index (χ0n) is 11.8. The zero-order valence-corrected chi connectivity index (χ0v) is 11.8. The van der Waals surface area contributed by atoms with E-state index in [0.717, 1.165) is 17.4 Å². The molecule has 0 saturated carbocycles. The van der Waals surface area contributed by atoms with Crippen LogP contribution in [0.25, 0.3) is 10.8 Å². The second-order valence-electron chi connectivity index (χ2n) is 5.45. The van der Waals surface area contributed by atoms with Gasteiger partial charge in [-0.15, -0.1) is 0 Å². The van der Waals surface area contributed by atoms with E-state index in [1.165, 1.54) is 5.39 Å². The Morgan fingerprint density at radius 3 is 2.47 bits per heavy atom. The second kappa shape index (κ2) is 5.43. The molecule has 0 atom stereocenters. The summed E-state index contributed by atoms with van der Waals surface area (Å²) in [7, 11) is 0. The first-order valence-electron chi connectivity index (χ1n) is 6.70. The van der Waals surface area contributed by atoms with Gasteiger partial charge >= 0.3 is 5.97 Å². The van der Waals surface area contributed by atoms with E-state index < -0.39 is 0 Å². The Labute approximate surface area is 114 Å². The summed E-state index contributed by atoms with van der Waals surface area (Å²) in [5.74, 6) is -0.165. The molecule has 0 aromatic heterocycles. The van der Waals surface area contributed by atoms with E-state index in [-0.39, 0.29) is 11.6 Å². The molecule has 0 unspecified atom stereocenters. The van der Waals surface area contributed by atoms with E-state index in [9.17, 15) is 4.79 Å². The number of rotatable bonds is 4. The van der Waals surface area contributed by atoms with Gasteiger partial charge in [-0.3, -0.25) is 4.79 Å². The fourth-order valence-electron chi connectivity index (χ4n) is 1.93. The smallest absolute Gasteiger partial charge is 0.310 e. The lowest BCUT2D eigenvalue weighted by atomic mass is 10.0.